The first-order chi connectivity index (χ1) is 15.0. The van der Waals surface area contributed by atoms with E-state index in [0.29, 0.717) is 23.3 Å². The van der Waals surface area contributed by atoms with Crippen LogP contribution in [0.5, 0.6) is 0 Å². The fourth-order valence-electron chi connectivity index (χ4n) is 4.58. The summed E-state index contributed by atoms with van der Waals surface area (Å²) in [6, 6.07) is 13.1. The summed E-state index contributed by atoms with van der Waals surface area (Å²) in [4.78, 5) is 25.9. The molecular weight excluding hydrogens is 390 g/mol. The number of anilines is 1. The van der Waals surface area contributed by atoms with Gasteiger partial charge in [0.05, 0.1) is 11.6 Å². The Labute approximate surface area is 179 Å². The third kappa shape index (κ3) is 3.31. The van der Waals surface area contributed by atoms with Crippen LogP contribution in [0.2, 0.25) is 0 Å². The molecule has 3 atom stereocenters. The zero-order valence-corrected chi connectivity index (χ0v) is 17.2. The number of hydrogen-bond acceptors (Lipinski definition) is 5. The van der Waals surface area contributed by atoms with Gasteiger partial charge in [-0.05, 0) is 30.0 Å². The lowest BCUT2D eigenvalue weighted by Crippen LogP contribution is -2.47. The summed E-state index contributed by atoms with van der Waals surface area (Å²) in [5.41, 5.74) is 1.94. The van der Waals surface area contributed by atoms with Crippen molar-refractivity contribution in [2.45, 2.75) is 12.5 Å². The summed E-state index contributed by atoms with van der Waals surface area (Å²) in [5.74, 6) is -0.435. The molecule has 1 N–H and O–H groups in total. The number of rotatable bonds is 2. The third-order valence-corrected chi connectivity index (χ3v) is 6.13. The Kier molecular flexibility index (Phi) is 5.19. The standard InChI is InChI=1S/C24H21N5O2/c1-28-20-12-19-17(15(13-25)14-26)10-6-7-11-18(19)22(27-16-8-4-3-5-9-16)21(20)23(30)29(2)24(28)31/h3-11,18-19,22,27H,12H2,1-2H3/t18-,19+,22-/m1/s1. The Hall–Kier alpha value is -4.10. The van der Waals surface area contributed by atoms with Gasteiger partial charge in [0, 0.05) is 31.4 Å². The molecule has 0 saturated carbocycles. The molecule has 0 radical (unpaired) electrons. The predicted octanol–water partition coefficient (Wildman–Crippen LogP) is 2.50. The summed E-state index contributed by atoms with van der Waals surface area (Å²) in [6.45, 7) is 0. The number of aromatic nitrogens is 2. The summed E-state index contributed by atoms with van der Waals surface area (Å²) in [6.07, 6.45) is 7.87. The highest BCUT2D eigenvalue weighted by Crippen LogP contribution is 2.44. The van der Waals surface area contributed by atoms with Gasteiger partial charge in [0.15, 0.2) is 0 Å². The Bertz CT molecular complexity index is 1310. The maximum atomic E-state index is 13.2. The lowest BCUT2D eigenvalue weighted by molar-refractivity contribution is 0.357. The second kappa shape index (κ2) is 7.97. The van der Waals surface area contributed by atoms with Crippen LogP contribution in [0, 0.1) is 34.5 Å². The fourth-order valence-corrected chi connectivity index (χ4v) is 4.58. The van der Waals surface area contributed by atoms with Crippen LogP contribution in [-0.2, 0) is 20.5 Å². The Balaban J connectivity index is 2.00. The topological polar surface area (TPSA) is 104 Å². The zero-order chi connectivity index (χ0) is 22.1. The second-order valence-electron chi connectivity index (χ2n) is 7.74. The lowest BCUT2D eigenvalue weighted by Gasteiger charge is -2.39. The summed E-state index contributed by atoms with van der Waals surface area (Å²) in [7, 11) is 3.14. The van der Waals surface area contributed by atoms with Crippen LogP contribution in [0.15, 0.2) is 75.4 Å². The average molecular weight is 411 g/mol. The molecule has 0 amide bonds. The smallest absolute Gasteiger partial charge is 0.330 e. The quantitative estimate of drug-likeness (QED) is 0.765. The number of nitrogens with one attached hydrogen (secondary N) is 1. The molecule has 2 aromatic rings. The van der Waals surface area contributed by atoms with E-state index in [4.69, 9.17) is 0 Å². The number of nitrogens with zero attached hydrogens (tertiary/aromatic N) is 4. The van der Waals surface area contributed by atoms with E-state index >= 15 is 0 Å². The number of benzene rings is 1. The SMILES string of the molecule is Cn1c2c(c(=O)n(C)c1=O)[C@H](Nc1ccccc1)[C@@H]1C=CC=CC(=C(C#N)C#N)[C@@H]1C2. The van der Waals surface area contributed by atoms with Crippen molar-refractivity contribution in [2.24, 2.45) is 25.9 Å². The van der Waals surface area contributed by atoms with Gasteiger partial charge in [0.1, 0.15) is 17.7 Å². The molecule has 1 aromatic carbocycles. The van der Waals surface area contributed by atoms with E-state index in [-0.39, 0.29) is 23.0 Å². The third-order valence-electron chi connectivity index (χ3n) is 6.13. The van der Waals surface area contributed by atoms with Crippen molar-refractivity contribution in [1.29, 1.82) is 10.5 Å². The van der Waals surface area contributed by atoms with Crippen LogP contribution in [0.25, 0.3) is 0 Å². The van der Waals surface area contributed by atoms with E-state index in [1.165, 1.54) is 11.6 Å². The fraction of sp³-hybridized carbons (Fsp3) is 0.250. The molecule has 154 valence electrons. The lowest BCUT2D eigenvalue weighted by atomic mass is 9.70. The minimum Gasteiger partial charge on any atom is -0.377 e. The Morgan fingerprint density at radius 2 is 1.77 bits per heavy atom. The van der Waals surface area contributed by atoms with E-state index in [1.54, 1.807) is 13.1 Å². The Morgan fingerprint density at radius 3 is 2.45 bits per heavy atom. The minimum absolute atomic E-state index is 0.0469. The van der Waals surface area contributed by atoms with Crippen molar-refractivity contribution in [3.8, 4) is 12.1 Å². The second-order valence-corrected chi connectivity index (χ2v) is 7.74. The Morgan fingerprint density at radius 1 is 1.06 bits per heavy atom. The van der Waals surface area contributed by atoms with Crippen molar-refractivity contribution in [1.82, 2.24) is 9.13 Å². The van der Waals surface area contributed by atoms with E-state index in [0.717, 1.165) is 10.3 Å². The first-order valence-electron chi connectivity index (χ1n) is 9.97. The molecule has 7 heteroatoms. The number of hydrogen-bond donors (Lipinski definition) is 1. The molecule has 2 aliphatic rings. The molecule has 0 aliphatic heterocycles. The van der Waals surface area contributed by atoms with Gasteiger partial charge in [0.2, 0.25) is 0 Å². The molecule has 0 unspecified atom stereocenters. The van der Waals surface area contributed by atoms with Crippen molar-refractivity contribution in [2.75, 3.05) is 5.32 Å². The molecular formula is C24H21N5O2. The van der Waals surface area contributed by atoms with Crippen molar-refractivity contribution in [3.05, 3.63) is 97.9 Å². The van der Waals surface area contributed by atoms with Gasteiger partial charge in [-0.1, -0.05) is 42.5 Å². The van der Waals surface area contributed by atoms with Crippen LogP contribution >= 0.6 is 0 Å². The van der Waals surface area contributed by atoms with Crippen LogP contribution in [0.4, 0.5) is 5.69 Å². The summed E-state index contributed by atoms with van der Waals surface area (Å²) in [5, 5.41) is 22.5. The zero-order valence-electron chi connectivity index (χ0n) is 17.2. The van der Waals surface area contributed by atoms with E-state index in [2.05, 4.69) is 5.32 Å². The number of fused-ring (bicyclic) bond motifs is 2. The van der Waals surface area contributed by atoms with Crippen LogP contribution in [0.1, 0.15) is 17.3 Å². The van der Waals surface area contributed by atoms with E-state index in [9.17, 15) is 20.1 Å². The van der Waals surface area contributed by atoms with E-state index in [1.807, 2.05) is 60.7 Å². The molecule has 0 spiro atoms. The van der Waals surface area contributed by atoms with Crippen molar-refractivity contribution in [3.63, 3.8) is 0 Å². The molecule has 2 aliphatic carbocycles. The van der Waals surface area contributed by atoms with Crippen molar-refractivity contribution >= 4 is 5.69 Å². The molecule has 31 heavy (non-hydrogen) atoms. The summed E-state index contributed by atoms with van der Waals surface area (Å²) < 4.78 is 2.63. The molecule has 0 fully saturated rings. The predicted molar refractivity (Wildman–Crippen MR) is 117 cm³/mol. The van der Waals surface area contributed by atoms with Gasteiger partial charge >= 0.3 is 5.69 Å². The van der Waals surface area contributed by atoms with Gasteiger partial charge in [-0.15, -0.1) is 0 Å². The van der Waals surface area contributed by atoms with Gasteiger partial charge in [-0.3, -0.25) is 9.36 Å². The summed E-state index contributed by atoms with van der Waals surface area (Å²) >= 11 is 0. The molecule has 1 heterocycles. The van der Waals surface area contributed by atoms with Crippen molar-refractivity contribution < 1.29 is 0 Å². The number of allylic oxidation sites excluding steroid dienone is 5. The molecule has 4 rings (SSSR count). The number of para-hydroxylation sites is 1. The van der Waals surface area contributed by atoms with Gasteiger partial charge in [-0.25, -0.2) is 4.79 Å². The molecule has 1 aromatic heterocycles. The molecule has 7 nitrogen and oxygen atoms in total. The van der Waals surface area contributed by atoms with Gasteiger partial charge < -0.3 is 9.88 Å². The van der Waals surface area contributed by atoms with E-state index < -0.39 is 11.7 Å². The number of nitriles is 2. The van der Waals surface area contributed by atoms with Crippen LogP contribution < -0.4 is 16.6 Å². The van der Waals surface area contributed by atoms with Gasteiger partial charge in [-0.2, -0.15) is 10.5 Å². The maximum absolute atomic E-state index is 13.2. The first kappa shape index (κ1) is 20.2. The first-order valence-corrected chi connectivity index (χ1v) is 9.97. The highest BCUT2D eigenvalue weighted by molar-refractivity contribution is 5.52. The molecule has 0 saturated heterocycles. The molecule has 0 bridgehead atoms. The highest BCUT2D eigenvalue weighted by atomic mass is 16.2. The van der Waals surface area contributed by atoms with Crippen LogP contribution in [-0.4, -0.2) is 9.13 Å². The minimum atomic E-state index is -0.438. The highest BCUT2D eigenvalue weighted by Gasteiger charge is 2.41. The maximum Gasteiger partial charge on any atom is 0.330 e. The monoisotopic (exact) mass is 411 g/mol. The average Bonchev–Trinajstić information content (AvgIpc) is 3.00. The normalized spacial score (nSPS) is 21.3. The largest absolute Gasteiger partial charge is 0.377 e. The van der Waals surface area contributed by atoms with Crippen LogP contribution in [0.3, 0.4) is 0 Å². The van der Waals surface area contributed by atoms with Gasteiger partial charge in [0.25, 0.3) is 5.56 Å².